The van der Waals surface area contributed by atoms with Crippen molar-refractivity contribution in [3.63, 3.8) is 0 Å². The van der Waals surface area contributed by atoms with Gasteiger partial charge in [0.1, 0.15) is 11.3 Å². The van der Waals surface area contributed by atoms with Crippen molar-refractivity contribution in [3.05, 3.63) is 24.8 Å². The van der Waals surface area contributed by atoms with E-state index in [0.29, 0.717) is 5.92 Å². The zero-order valence-corrected chi connectivity index (χ0v) is 17.5. The average Bonchev–Trinajstić information content (AvgIpc) is 2.92. The summed E-state index contributed by atoms with van der Waals surface area (Å²) in [5, 5.41) is 3.45. The first-order valence-electron chi connectivity index (χ1n) is 7.44. The molecule has 0 bridgehead atoms. The molecule has 1 aromatic heterocycles. The van der Waals surface area contributed by atoms with Gasteiger partial charge in [-0.05, 0) is 92.1 Å². The molecule has 1 fully saturated rings. The first-order valence-corrected chi connectivity index (χ1v) is 9.82. The van der Waals surface area contributed by atoms with Crippen molar-refractivity contribution in [1.29, 1.82) is 0 Å². The van der Waals surface area contributed by atoms with E-state index in [4.69, 9.17) is 4.98 Å². The number of rotatable bonds is 1. The molecule has 7 heteroatoms. The Morgan fingerprint density at radius 3 is 2.50 bits per heavy atom. The molecular formula is C15H17Br3ClN3. The Morgan fingerprint density at radius 2 is 1.77 bits per heavy atom. The Hall–Kier alpha value is 0.380. The fraction of sp³-hybridized carbons (Fsp3) is 0.533. The van der Waals surface area contributed by atoms with Crippen molar-refractivity contribution < 1.29 is 0 Å². The molecule has 1 N–H and O–H groups in total. The standard InChI is InChI=1S/C15H16Br3N3.ClH/c16-10-9-2-1-7-21-14(9)13(12(18)11(10)17)20-15(21)8-3-5-19-6-4-8;/h8,19H,1-7H2;1H. The van der Waals surface area contributed by atoms with Gasteiger partial charge >= 0.3 is 0 Å². The Balaban J connectivity index is 0.00000144. The summed E-state index contributed by atoms with van der Waals surface area (Å²) in [4.78, 5) is 5.05. The molecule has 2 aromatic rings. The number of hydrogen-bond donors (Lipinski definition) is 1. The zero-order valence-electron chi connectivity index (χ0n) is 12.0. The summed E-state index contributed by atoms with van der Waals surface area (Å²) in [5.74, 6) is 1.88. The summed E-state index contributed by atoms with van der Waals surface area (Å²) in [6.07, 6.45) is 4.71. The van der Waals surface area contributed by atoms with Crippen molar-refractivity contribution >= 4 is 71.2 Å². The number of aromatic nitrogens is 2. The van der Waals surface area contributed by atoms with E-state index < -0.39 is 0 Å². The molecular weight excluding hydrogens is 497 g/mol. The van der Waals surface area contributed by atoms with Crippen LogP contribution in [0.4, 0.5) is 0 Å². The van der Waals surface area contributed by atoms with E-state index >= 15 is 0 Å². The number of piperidine rings is 1. The molecule has 120 valence electrons. The predicted molar refractivity (Wildman–Crippen MR) is 103 cm³/mol. The molecule has 0 spiro atoms. The number of halogens is 4. The van der Waals surface area contributed by atoms with Crippen molar-refractivity contribution in [2.45, 2.75) is 38.1 Å². The second-order valence-corrected chi connectivity index (χ2v) is 8.25. The predicted octanol–water partition coefficient (Wildman–Crippen LogP) is 5.16. The number of hydrogen-bond acceptors (Lipinski definition) is 2. The van der Waals surface area contributed by atoms with Gasteiger partial charge in [-0.2, -0.15) is 0 Å². The van der Waals surface area contributed by atoms with E-state index in [9.17, 15) is 0 Å². The van der Waals surface area contributed by atoms with Gasteiger partial charge in [-0.25, -0.2) is 4.98 Å². The Morgan fingerprint density at radius 1 is 1.05 bits per heavy atom. The Bertz CT molecular complexity index is 723. The summed E-state index contributed by atoms with van der Waals surface area (Å²) in [7, 11) is 0. The maximum atomic E-state index is 5.05. The van der Waals surface area contributed by atoms with Gasteiger partial charge < -0.3 is 9.88 Å². The van der Waals surface area contributed by atoms with Crippen molar-refractivity contribution in [3.8, 4) is 0 Å². The summed E-state index contributed by atoms with van der Waals surface area (Å²) in [5.41, 5.74) is 3.85. The van der Waals surface area contributed by atoms with E-state index in [-0.39, 0.29) is 12.4 Å². The molecule has 22 heavy (non-hydrogen) atoms. The molecule has 0 unspecified atom stereocenters. The van der Waals surface area contributed by atoms with E-state index in [1.165, 1.54) is 40.6 Å². The van der Waals surface area contributed by atoms with Gasteiger partial charge in [-0.1, -0.05) is 0 Å². The third-order valence-corrected chi connectivity index (χ3v) is 8.16. The largest absolute Gasteiger partial charge is 0.327 e. The van der Waals surface area contributed by atoms with Crippen molar-refractivity contribution in [2.24, 2.45) is 0 Å². The molecule has 1 aromatic carbocycles. The molecule has 3 heterocycles. The fourth-order valence-electron chi connectivity index (χ4n) is 3.63. The Kier molecular flexibility index (Phi) is 5.25. The lowest BCUT2D eigenvalue weighted by Crippen LogP contribution is -2.28. The number of nitrogens with one attached hydrogen (secondary N) is 1. The second kappa shape index (κ2) is 6.71. The first-order chi connectivity index (χ1) is 10.2. The van der Waals surface area contributed by atoms with Gasteiger partial charge in [0.25, 0.3) is 0 Å². The van der Waals surface area contributed by atoms with Crippen LogP contribution in [0.5, 0.6) is 0 Å². The van der Waals surface area contributed by atoms with E-state index in [2.05, 4.69) is 57.7 Å². The van der Waals surface area contributed by atoms with Crippen molar-refractivity contribution in [1.82, 2.24) is 14.9 Å². The van der Waals surface area contributed by atoms with Crippen LogP contribution in [-0.2, 0) is 13.0 Å². The quantitative estimate of drug-likeness (QED) is 0.533. The molecule has 0 saturated carbocycles. The SMILES string of the molecule is Brc1c(Br)c2c3c(nc(C4CCNCC4)n3CCC2)c1Br.Cl. The van der Waals surface area contributed by atoms with Crippen LogP contribution in [0, 0.1) is 0 Å². The highest BCUT2D eigenvalue weighted by Crippen LogP contribution is 2.44. The van der Waals surface area contributed by atoms with Crippen LogP contribution < -0.4 is 5.32 Å². The highest BCUT2D eigenvalue weighted by Gasteiger charge is 2.28. The van der Waals surface area contributed by atoms with Crippen LogP contribution in [0.3, 0.4) is 0 Å². The first kappa shape index (κ1) is 17.2. The smallest absolute Gasteiger partial charge is 0.113 e. The van der Waals surface area contributed by atoms with Crippen LogP contribution in [-0.4, -0.2) is 22.6 Å². The van der Waals surface area contributed by atoms with E-state index in [1.807, 2.05) is 0 Å². The molecule has 2 aliphatic heterocycles. The highest BCUT2D eigenvalue weighted by molar-refractivity contribution is 9.14. The summed E-state index contributed by atoms with van der Waals surface area (Å²) in [6, 6.07) is 0. The van der Waals surface area contributed by atoms with Crippen LogP contribution in [0.1, 0.15) is 36.6 Å². The second-order valence-electron chi connectivity index (χ2n) is 5.87. The summed E-state index contributed by atoms with van der Waals surface area (Å²) < 4.78 is 5.82. The van der Waals surface area contributed by atoms with Gasteiger partial charge in [0.2, 0.25) is 0 Å². The van der Waals surface area contributed by atoms with Gasteiger partial charge in [-0.15, -0.1) is 12.4 Å². The number of imidazole rings is 1. The number of aryl methyl sites for hydroxylation is 2. The lowest BCUT2D eigenvalue weighted by atomic mass is 9.97. The van der Waals surface area contributed by atoms with E-state index in [0.717, 1.165) is 40.5 Å². The molecule has 0 aliphatic carbocycles. The maximum Gasteiger partial charge on any atom is 0.113 e. The highest BCUT2D eigenvalue weighted by atomic mass is 79.9. The van der Waals surface area contributed by atoms with Crippen LogP contribution in [0.2, 0.25) is 0 Å². The lowest BCUT2D eigenvalue weighted by molar-refractivity contribution is 0.428. The maximum absolute atomic E-state index is 5.05. The Labute approximate surface area is 161 Å². The summed E-state index contributed by atoms with van der Waals surface area (Å²) >= 11 is 11.2. The molecule has 0 atom stereocenters. The molecule has 0 radical (unpaired) electrons. The molecule has 2 aliphatic rings. The minimum atomic E-state index is 0. The van der Waals surface area contributed by atoms with Crippen molar-refractivity contribution in [2.75, 3.05) is 13.1 Å². The third kappa shape index (κ3) is 2.59. The monoisotopic (exact) mass is 511 g/mol. The fourth-order valence-corrected chi connectivity index (χ4v) is 5.38. The van der Waals surface area contributed by atoms with Gasteiger partial charge in [-0.3, -0.25) is 0 Å². The summed E-state index contributed by atoms with van der Waals surface area (Å²) in [6.45, 7) is 3.31. The topological polar surface area (TPSA) is 29.9 Å². The van der Waals surface area contributed by atoms with Crippen LogP contribution in [0.15, 0.2) is 13.4 Å². The van der Waals surface area contributed by atoms with Crippen LogP contribution >= 0.6 is 60.2 Å². The van der Waals surface area contributed by atoms with Gasteiger partial charge in [0, 0.05) is 21.4 Å². The molecule has 3 nitrogen and oxygen atoms in total. The number of benzene rings is 1. The minimum Gasteiger partial charge on any atom is -0.327 e. The van der Waals surface area contributed by atoms with E-state index in [1.54, 1.807) is 0 Å². The molecule has 0 amide bonds. The zero-order chi connectivity index (χ0) is 14.6. The van der Waals surface area contributed by atoms with Gasteiger partial charge in [0.15, 0.2) is 0 Å². The van der Waals surface area contributed by atoms with Gasteiger partial charge in [0.05, 0.1) is 9.99 Å². The molecule has 4 rings (SSSR count). The van der Waals surface area contributed by atoms with Crippen LogP contribution in [0.25, 0.3) is 11.0 Å². The number of nitrogens with zero attached hydrogens (tertiary/aromatic N) is 2. The lowest BCUT2D eigenvalue weighted by Gasteiger charge is -2.25. The average molecular weight is 514 g/mol. The third-order valence-electron chi connectivity index (χ3n) is 4.65. The molecule has 1 saturated heterocycles. The minimum absolute atomic E-state index is 0. The normalized spacial score (nSPS) is 18.5.